The first-order chi connectivity index (χ1) is 7.75. The molecule has 0 spiro atoms. The Hall–Kier alpha value is -1.06. The normalized spacial score (nSPS) is 32.2. The van der Waals surface area contributed by atoms with Crippen molar-refractivity contribution in [2.45, 2.75) is 38.5 Å². The summed E-state index contributed by atoms with van der Waals surface area (Å²) in [7, 11) is 0. The maximum absolute atomic E-state index is 11.1. The van der Waals surface area contributed by atoms with E-state index in [2.05, 4.69) is 0 Å². The number of esters is 2. The molecule has 2 unspecified atom stereocenters. The Balaban J connectivity index is 1.90. The number of carbonyl (C=O) groups is 2. The van der Waals surface area contributed by atoms with Crippen LogP contribution in [0.2, 0.25) is 0 Å². The van der Waals surface area contributed by atoms with E-state index in [9.17, 15) is 9.59 Å². The largest absolute Gasteiger partial charge is 0.466 e. The fraction of sp³-hybridized carbons (Fsp3) is 0.833. The third-order valence-electron chi connectivity index (χ3n) is 3.55. The molecule has 2 heterocycles. The van der Waals surface area contributed by atoms with Gasteiger partial charge in [-0.25, -0.2) is 0 Å². The van der Waals surface area contributed by atoms with Gasteiger partial charge in [-0.1, -0.05) is 0 Å². The summed E-state index contributed by atoms with van der Waals surface area (Å²) in [6.07, 6.45) is 4.78. The van der Waals surface area contributed by atoms with Crippen LogP contribution in [-0.2, 0) is 19.1 Å². The first kappa shape index (κ1) is 11.4. The average molecular weight is 226 g/mol. The highest BCUT2D eigenvalue weighted by Crippen LogP contribution is 2.30. The molecule has 2 rings (SSSR count). The molecule has 0 amide bonds. The van der Waals surface area contributed by atoms with Gasteiger partial charge in [-0.2, -0.15) is 0 Å². The Morgan fingerprint density at radius 2 is 1.69 bits per heavy atom. The number of hydrogen-bond donors (Lipinski definition) is 0. The average Bonchev–Trinajstić information content (AvgIpc) is 2.59. The van der Waals surface area contributed by atoms with Gasteiger partial charge in [-0.05, 0) is 37.5 Å². The van der Waals surface area contributed by atoms with Gasteiger partial charge in [0, 0.05) is 12.8 Å². The van der Waals surface area contributed by atoms with Crippen molar-refractivity contribution in [2.75, 3.05) is 13.2 Å². The molecule has 2 atom stereocenters. The topological polar surface area (TPSA) is 52.6 Å². The van der Waals surface area contributed by atoms with Crippen molar-refractivity contribution >= 4 is 11.9 Å². The van der Waals surface area contributed by atoms with Crippen LogP contribution in [0, 0.1) is 11.8 Å². The van der Waals surface area contributed by atoms with Crippen molar-refractivity contribution in [2.24, 2.45) is 11.8 Å². The van der Waals surface area contributed by atoms with Gasteiger partial charge in [0.05, 0.1) is 13.2 Å². The summed E-state index contributed by atoms with van der Waals surface area (Å²) in [6, 6.07) is 0. The van der Waals surface area contributed by atoms with Gasteiger partial charge >= 0.3 is 11.9 Å². The molecule has 16 heavy (non-hydrogen) atoms. The van der Waals surface area contributed by atoms with E-state index in [-0.39, 0.29) is 11.9 Å². The molecule has 0 N–H and O–H groups in total. The molecular formula is C12H18O4. The summed E-state index contributed by atoms with van der Waals surface area (Å²) in [5.41, 5.74) is 0. The minimum absolute atomic E-state index is 0.0801. The number of carbonyl (C=O) groups excluding carboxylic acids is 2. The van der Waals surface area contributed by atoms with Gasteiger partial charge in [0.25, 0.3) is 0 Å². The Bertz CT molecular complexity index is 246. The van der Waals surface area contributed by atoms with E-state index >= 15 is 0 Å². The molecule has 0 aliphatic carbocycles. The van der Waals surface area contributed by atoms with Gasteiger partial charge in [0.15, 0.2) is 0 Å². The van der Waals surface area contributed by atoms with Gasteiger partial charge in [0.1, 0.15) is 0 Å². The standard InChI is InChI=1S/C12H18O4/c13-11-3-1-2-10(8-16-11)9-4-5-12(14)15-7-6-9/h9-10H,1-8H2. The Morgan fingerprint density at radius 3 is 2.56 bits per heavy atom. The molecule has 0 aromatic heterocycles. The van der Waals surface area contributed by atoms with Gasteiger partial charge < -0.3 is 9.47 Å². The van der Waals surface area contributed by atoms with Crippen molar-refractivity contribution in [1.82, 2.24) is 0 Å². The first-order valence-electron chi connectivity index (χ1n) is 6.07. The minimum atomic E-state index is -0.0897. The third kappa shape index (κ3) is 2.97. The summed E-state index contributed by atoms with van der Waals surface area (Å²) in [5, 5.41) is 0. The van der Waals surface area contributed by atoms with Crippen LogP contribution >= 0.6 is 0 Å². The van der Waals surface area contributed by atoms with Gasteiger partial charge in [-0.3, -0.25) is 9.59 Å². The molecule has 0 radical (unpaired) electrons. The van der Waals surface area contributed by atoms with Crippen LogP contribution in [0.1, 0.15) is 38.5 Å². The van der Waals surface area contributed by atoms with Crippen molar-refractivity contribution in [3.8, 4) is 0 Å². The molecule has 0 saturated carbocycles. The lowest BCUT2D eigenvalue weighted by molar-refractivity contribution is -0.144. The van der Waals surface area contributed by atoms with Crippen LogP contribution in [0.25, 0.3) is 0 Å². The summed E-state index contributed by atoms with van der Waals surface area (Å²) in [5.74, 6) is 0.717. The lowest BCUT2D eigenvalue weighted by Crippen LogP contribution is -2.20. The van der Waals surface area contributed by atoms with Crippen molar-refractivity contribution in [1.29, 1.82) is 0 Å². The highest BCUT2D eigenvalue weighted by atomic mass is 16.5. The number of cyclic esters (lactones) is 2. The SMILES string of the molecule is O=C1CCC(C2CCCC(=O)OC2)CCO1. The lowest BCUT2D eigenvalue weighted by Gasteiger charge is -2.22. The van der Waals surface area contributed by atoms with E-state index < -0.39 is 0 Å². The predicted molar refractivity (Wildman–Crippen MR) is 56.6 cm³/mol. The van der Waals surface area contributed by atoms with E-state index in [1.807, 2.05) is 0 Å². The molecule has 2 aliphatic heterocycles. The van der Waals surface area contributed by atoms with E-state index in [1.54, 1.807) is 0 Å². The fourth-order valence-electron chi connectivity index (χ4n) is 2.55. The second-order valence-corrected chi connectivity index (χ2v) is 4.64. The number of rotatable bonds is 1. The molecule has 90 valence electrons. The molecule has 0 bridgehead atoms. The summed E-state index contributed by atoms with van der Waals surface area (Å²) >= 11 is 0. The third-order valence-corrected chi connectivity index (χ3v) is 3.55. The fourth-order valence-corrected chi connectivity index (χ4v) is 2.55. The molecule has 4 nitrogen and oxygen atoms in total. The molecule has 2 fully saturated rings. The molecule has 0 aromatic rings. The van der Waals surface area contributed by atoms with Crippen LogP contribution in [0.15, 0.2) is 0 Å². The molecule has 4 heteroatoms. The molecular weight excluding hydrogens is 208 g/mol. The monoisotopic (exact) mass is 226 g/mol. The Labute approximate surface area is 95.3 Å². The predicted octanol–water partition coefficient (Wildman–Crippen LogP) is 1.67. The van der Waals surface area contributed by atoms with E-state index in [4.69, 9.17) is 9.47 Å². The summed E-state index contributed by atoms with van der Waals surface area (Å²) < 4.78 is 10.2. The van der Waals surface area contributed by atoms with E-state index in [0.717, 1.165) is 25.7 Å². The smallest absolute Gasteiger partial charge is 0.305 e. The zero-order valence-corrected chi connectivity index (χ0v) is 9.44. The molecule has 2 aliphatic rings. The summed E-state index contributed by atoms with van der Waals surface area (Å²) in [4.78, 5) is 22.3. The Kier molecular flexibility index (Phi) is 3.80. The summed E-state index contributed by atoms with van der Waals surface area (Å²) in [6.45, 7) is 1.05. The number of hydrogen-bond acceptors (Lipinski definition) is 4. The van der Waals surface area contributed by atoms with Gasteiger partial charge in [-0.15, -0.1) is 0 Å². The maximum atomic E-state index is 11.1. The zero-order chi connectivity index (χ0) is 11.4. The highest BCUT2D eigenvalue weighted by molar-refractivity contribution is 5.70. The number of ether oxygens (including phenoxy) is 2. The van der Waals surface area contributed by atoms with Crippen molar-refractivity contribution in [3.05, 3.63) is 0 Å². The van der Waals surface area contributed by atoms with Crippen LogP contribution in [0.3, 0.4) is 0 Å². The van der Waals surface area contributed by atoms with Crippen molar-refractivity contribution < 1.29 is 19.1 Å². The van der Waals surface area contributed by atoms with Crippen LogP contribution in [0.4, 0.5) is 0 Å². The molecule has 2 saturated heterocycles. The quantitative estimate of drug-likeness (QED) is 0.638. The second kappa shape index (κ2) is 5.32. The zero-order valence-electron chi connectivity index (χ0n) is 9.44. The highest BCUT2D eigenvalue weighted by Gasteiger charge is 2.28. The second-order valence-electron chi connectivity index (χ2n) is 4.64. The van der Waals surface area contributed by atoms with E-state index in [0.29, 0.717) is 37.9 Å². The first-order valence-corrected chi connectivity index (χ1v) is 6.07. The lowest BCUT2D eigenvalue weighted by atomic mass is 9.84. The van der Waals surface area contributed by atoms with Crippen LogP contribution < -0.4 is 0 Å². The maximum Gasteiger partial charge on any atom is 0.305 e. The minimum Gasteiger partial charge on any atom is -0.466 e. The van der Waals surface area contributed by atoms with E-state index in [1.165, 1.54) is 0 Å². The van der Waals surface area contributed by atoms with Crippen molar-refractivity contribution in [3.63, 3.8) is 0 Å². The van der Waals surface area contributed by atoms with Crippen LogP contribution in [0.5, 0.6) is 0 Å². The molecule has 0 aromatic carbocycles. The van der Waals surface area contributed by atoms with Crippen LogP contribution in [-0.4, -0.2) is 25.2 Å². The Morgan fingerprint density at radius 1 is 0.875 bits per heavy atom. The van der Waals surface area contributed by atoms with Gasteiger partial charge in [0.2, 0.25) is 0 Å².